The molecule has 0 spiro atoms. The van der Waals surface area contributed by atoms with E-state index < -0.39 is 21.2 Å². The van der Waals surface area contributed by atoms with Gasteiger partial charge in [0.05, 0.1) is 9.85 Å². The van der Waals surface area contributed by atoms with Crippen molar-refractivity contribution < 1.29 is 14.6 Å². The van der Waals surface area contributed by atoms with Gasteiger partial charge in [-0.25, -0.2) is 0 Å². The van der Waals surface area contributed by atoms with Crippen molar-refractivity contribution in [3.63, 3.8) is 0 Å². The number of nitrogens with zero attached hydrogens (tertiary/aromatic N) is 3. The summed E-state index contributed by atoms with van der Waals surface area (Å²) in [4.78, 5) is 34.5. The molecule has 1 fully saturated rings. The standard InChI is InChI=1S/C17H16N4O5/c22-17(12-4-2-1-3-5-12)18-13-8-9-19(11-13)14-6-7-15(20(23)24)16(10-14)21(25)26/h1-7,10,13H,8-9,11H2,(H,18,22). The summed E-state index contributed by atoms with van der Waals surface area (Å²) in [6.45, 7) is 1.07. The molecule has 9 nitrogen and oxygen atoms in total. The van der Waals surface area contributed by atoms with Crippen LogP contribution in [-0.4, -0.2) is 34.9 Å². The molecule has 1 aliphatic heterocycles. The van der Waals surface area contributed by atoms with Gasteiger partial charge in [0.2, 0.25) is 0 Å². The number of hydrogen-bond acceptors (Lipinski definition) is 6. The Morgan fingerprint density at radius 3 is 2.38 bits per heavy atom. The third-order valence-electron chi connectivity index (χ3n) is 4.28. The van der Waals surface area contributed by atoms with Gasteiger partial charge in [-0.3, -0.25) is 25.0 Å². The number of nitro benzene ring substituents is 2. The first-order valence-corrected chi connectivity index (χ1v) is 7.99. The van der Waals surface area contributed by atoms with Crippen LogP contribution in [-0.2, 0) is 0 Å². The number of nitrogens with one attached hydrogen (secondary N) is 1. The van der Waals surface area contributed by atoms with Gasteiger partial charge in [0.1, 0.15) is 0 Å². The predicted molar refractivity (Wildman–Crippen MR) is 94.3 cm³/mol. The second-order valence-electron chi connectivity index (χ2n) is 5.96. The summed E-state index contributed by atoms with van der Waals surface area (Å²) >= 11 is 0. The van der Waals surface area contributed by atoms with Gasteiger partial charge in [-0.05, 0) is 24.6 Å². The average molecular weight is 356 g/mol. The zero-order valence-corrected chi connectivity index (χ0v) is 13.7. The number of hydrogen-bond donors (Lipinski definition) is 1. The van der Waals surface area contributed by atoms with Gasteiger partial charge in [0, 0.05) is 42.5 Å². The minimum atomic E-state index is -0.769. The van der Waals surface area contributed by atoms with Crippen molar-refractivity contribution in [2.45, 2.75) is 12.5 Å². The molecule has 2 aromatic rings. The third kappa shape index (κ3) is 3.61. The smallest absolute Gasteiger partial charge is 0.348 e. The van der Waals surface area contributed by atoms with Crippen LogP contribution in [0, 0.1) is 20.2 Å². The molecule has 1 heterocycles. The Balaban J connectivity index is 1.71. The average Bonchev–Trinajstić information content (AvgIpc) is 3.10. The van der Waals surface area contributed by atoms with E-state index in [2.05, 4.69) is 5.32 Å². The van der Waals surface area contributed by atoms with Gasteiger partial charge >= 0.3 is 11.4 Å². The second kappa shape index (κ2) is 7.18. The summed E-state index contributed by atoms with van der Waals surface area (Å²) in [6.07, 6.45) is 0.684. The lowest BCUT2D eigenvalue weighted by atomic mass is 10.2. The predicted octanol–water partition coefficient (Wildman–Crippen LogP) is 2.51. The Morgan fingerprint density at radius 2 is 1.73 bits per heavy atom. The number of anilines is 1. The maximum atomic E-state index is 12.2. The van der Waals surface area contributed by atoms with Crippen LogP contribution in [0.5, 0.6) is 0 Å². The zero-order chi connectivity index (χ0) is 18.7. The van der Waals surface area contributed by atoms with E-state index in [1.165, 1.54) is 12.1 Å². The molecule has 0 saturated carbocycles. The van der Waals surface area contributed by atoms with Gasteiger partial charge in [0.15, 0.2) is 0 Å². The van der Waals surface area contributed by atoms with Crippen LogP contribution in [0.3, 0.4) is 0 Å². The molecule has 2 aromatic carbocycles. The minimum absolute atomic E-state index is 0.100. The van der Waals surface area contributed by atoms with E-state index in [1.807, 2.05) is 11.0 Å². The van der Waals surface area contributed by atoms with Gasteiger partial charge < -0.3 is 10.2 Å². The van der Waals surface area contributed by atoms with Crippen LogP contribution in [0.2, 0.25) is 0 Å². The first-order valence-electron chi connectivity index (χ1n) is 7.99. The molecule has 0 aromatic heterocycles. The molecule has 1 amide bonds. The quantitative estimate of drug-likeness (QED) is 0.649. The number of benzene rings is 2. The molecule has 1 atom stereocenters. The molecular formula is C17H16N4O5. The van der Waals surface area contributed by atoms with Gasteiger partial charge in [-0.1, -0.05) is 18.2 Å². The third-order valence-corrected chi connectivity index (χ3v) is 4.28. The summed E-state index contributed by atoms with van der Waals surface area (Å²) in [5, 5.41) is 24.9. The molecule has 1 N–H and O–H groups in total. The summed E-state index contributed by atoms with van der Waals surface area (Å²) in [5.74, 6) is -0.174. The fourth-order valence-corrected chi connectivity index (χ4v) is 2.98. The monoisotopic (exact) mass is 356 g/mol. The molecule has 0 aliphatic carbocycles. The van der Waals surface area contributed by atoms with E-state index in [-0.39, 0.29) is 11.9 Å². The highest BCUT2D eigenvalue weighted by atomic mass is 16.6. The lowest BCUT2D eigenvalue weighted by Crippen LogP contribution is -2.37. The van der Waals surface area contributed by atoms with E-state index >= 15 is 0 Å². The second-order valence-corrected chi connectivity index (χ2v) is 5.96. The van der Waals surface area contributed by atoms with E-state index in [9.17, 15) is 25.0 Å². The molecule has 9 heteroatoms. The van der Waals surface area contributed by atoms with Crippen molar-refractivity contribution in [3.8, 4) is 0 Å². The summed E-state index contributed by atoms with van der Waals surface area (Å²) in [6, 6.07) is 12.6. The van der Waals surface area contributed by atoms with Crippen molar-refractivity contribution in [3.05, 3.63) is 74.3 Å². The van der Waals surface area contributed by atoms with Crippen molar-refractivity contribution >= 4 is 23.0 Å². The van der Waals surface area contributed by atoms with E-state index in [0.29, 0.717) is 30.8 Å². The molecule has 1 aliphatic rings. The molecular weight excluding hydrogens is 340 g/mol. The molecule has 1 saturated heterocycles. The number of carbonyl (C=O) groups is 1. The van der Waals surface area contributed by atoms with Crippen LogP contribution in [0.4, 0.5) is 17.1 Å². The number of carbonyl (C=O) groups excluding carboxylic acids is 1. The summed E-state index contributed by atoms with van der Waals surface area (Å²) < 4.78 is 0. The summed E-state index contributed by atoms with van der Waals surface area (Å²) in [7, 11) is 0. The van der Waals surface area contributed by atoms with Crippen molar-refractivity contribution in [2.75, 3.05) is 18.0 Å². The Bertz CT molecular complexity index is 855. The normalized spacial score (nSPS) is 16.3. The fourth-order valence-electron chi connectivity index (χ4n) is 2.98. The number of amides is 1. The first-order chi connectivity index (χ1) is 12.5. The topological polar surface area (TPSA) is 119 Å². The van der Waals surface area contributed by atoms with Crippen molar-refractivity contribution in [1.29, 1.82) is 0 Å². The van der Waals surface area contributed by atoms with Crippen LogP contribution < -0.4 is 10.2 Å². The van der Waals surface area contributed by atoms with Crippen LogP contribution >= 0.6 is 0 Å². The molecule has 26 heavy (non-hydrogen) atoms. The van der Waals surface area contributed by atoms with Gasteiger partial charge in [-0.15, -0.1) is 0 Å². The summed E-state index contributed by atoms with van der Waals surface area (Å²) in [5.41, 5.74) is 0.0202. The Kier molecular flexibility index (Phi) is 4.78. The molecule has 0 radical (unpaired) electrons. The van der Waals surface area contributed by atoms with Gasteiger partial charge in [0.25, 0.3) is 5.91 Å². The fraction of sp³-hybridized carbons (Fsp3) is 0.235. The minimum Gasteiger partial charge on any atom is -0.369 e. The van der Waals surface area contributed by atoms with Crippen molar-refractivity contribution in [1.82, 2.24) is 5.32 Å². The number of rotatable bonds is 5. The van der Waals surface area contributed by atoms with E-state index in [1.54, 1.807) is 24.3 Å². The van der Waals surface area contributed by atoms with Crippen LogP contribution in [0.25, 0.3) is 0 Å². The first kappa shape index (κ1) is 17.3. The highest BCUT2D eigenvalue weighted by Crippen LogP contribution is 2.32. The Labute approximate surface area is 148 Å². The highest BCUT2D eigenvalue weighted by Gasteiger charge is 2.29. The van der Waals surface area contributed by atoms with E-state index in [4.69, 9.17) is 0 Å². The van der Waals surface area contributed by atoms with E-state index in [0.717, 1.165) is 6.07 Å². The maximum Gasteiger partial charge on any atom is 0.348 e. The molecule has 134 valence electrons. The lowest BCUT2D eigenvalue weighted by Gasteiger charge is -2.19. The Hall–Kier alpha value is -3.49. The van der Waals surface area contributed by atoms with Crippen LogP contribution in [0.1, 0.15) is 16.8 Å². The number of nitro groups is 2. The SMILES string of the molecule is O=C(NC1CCN(c2ccc([N+](=O)[O-])c([N+](=O)[O-])c2)C1)c1ccccc1. The lowest BCUT2D eigenvalue weighted by molar-refractivity contribution is -0.422. The maximum absolute atomic E-state index is 12.2. The largest absolute Gasteiger partial charge is 0.369 e. The van der Waals surface area contributed by atoms with Crippen LogP contribution in [0.15, 0.2) is 48.5 Å². The molecule has 3 rings (SSSR count). The van der Waals surface area contributed by atoms with Gasteiger partial charge in [-0.2, -0.15) is 0 Å². The highest BCUT2D eigenvalue weighted by molar-refractivity contribution is 5.94. The molecule has 0 bridgehead atoms. The molecule has 1 unspecified atom stereocenters. The van der Waals surface area contributed by atoms with Crippen molar-refractivity contribution in [2.24, 2.45) is 0 Å². The Morgan fingerprint density at radius 1 is 1.04 bits per heavy atom. The zero-order valence-electron chi connectivity index (χ0n) is 13.7.